The third kappa shape index (κ3) is 6.36. The molecule has 0 aromatic rings. The lowest BCUT2D eigenvalue weighted by atomic mass is 9.95. The zero-order valence-corrected chi connectivity index (χ0v) is 16.0. The highest BCUT2D eigenvalue weighted by Crippen LogP contribution is 2.29. The van der Waals surface area contributed by atoms with Gasteiger partial charge in [-0.05, 0) is 52.9 Å². The molecule has 2 atom stereocenters. The van der Waals surface area contributed by atoms with Gasteiger partial charge < -0.3 is 17.7 Å². The fourth-order valence-corrected chi connectivity index (χ4v) is 6.35. The van der Waals surface area contributed by atoms with E-state index in [9.17, 15) is 0 Å². The molecule has 1 aliphatic rings. The molecule has 2 unspecified atom stereocenters. The average Bonchev–Trinajstić information content (AvgIpc) is 2.30. The molecule has 0 saturated heterocycles. The van der Waals surface area contributed by atoms with E-state index in [0.717, 1.165) is 26.1 Å². The third-order valence-corrected chi connectivity index (χ3v) is 7.20. The topological polar surface area (TPSA) is 36.9 Å². The summed E-state index contributed by atoms with van der Waals surface area (Å²) in [6, 6.07) is 0. The Kier molecular flexibility index (Phi) is 7.38. The van der Waals surface area contributed by atoms with Crippen molar-refractivity contribution in [1.82, 2.24) is 0 Å². The maximum Gasteiger partial charge on any atom is 0.332 e. The maximum absolute atomic E-state index is 6.31. The second-order valence-corrected chi connectivity index (χ2v) is 12.9. The smallest absolute Gasteiger partial charge is 0.332 e. The number of hydrogen-bond acceptors (Lipinski definition) is 4. The Bertz CT molecular complexity index is 256. The summed E-state index contributed by atoms with van der Waals surface area (Å²) in [6.45, 7) is 14.0. The van der Waals surface area contributed by atoms with Crippen molar-refractivity contribution in [3.05, 3.63) is 0 Å². The van der Waals surface area contributed by atoms with Gasteiger partial charge in [-0.2, -0.15) is 0 Å². The number of hydrogen-bond donors (Lipinski definition) is 0. The Morgan fingerprint density at radius 3 is 1.40 bits per heavy atom. The largest absolute Gasteiger partial charge is 0.395 e. The molecule has 1 saturated carbocycles. The first kappa shape index (κ1) is 18.3. The molecule has 1 fully saturated rings. The predicted molar refractivity (Wildman–Crippen MR) is 86.4 cm³/mol. The second kappa shape index (κ2) is 8.05. The van der Waals surface area contributed by atoms with Crippen LogP contribution in [0.15, 0.2) is 0 Å². The van der Waals surface area contributed by atoms with Crippen LogP contribution in [0, 0.1) is 0 Å². The van der Waals surface area contributed by atoms with E-state index >= 15 is 0 Å². The highest BCUT2D eigenvalue weighted by atomic mass is 28.4. The molecule has 6 heteroatoms. The minimum Gasteiger partial charge on any atom is -0.395 e. The standard InChI is InChI=1S/C14H32O4Si2/c1-7-15-19(3,4)17-13-11-9-10-12-14(13)18-20(5,6)16-8-2/h13-14H,7-12H2,1-6H3. The zero-order chi connectivity index (χ0) is 15.2. The van der Waals surface area contributed by atoms with Crippen molar-refractivity contribution in [3.63, 3.8) is 0 Å². The summed E-state index contributed by atoms with van der Waals surface area (Å²) in [6.07, 6.45) is 4.93. The minimum atomic E-state index is -2.03. The predicted octanol–water partition coefficient (Wildman–Crippen LogP) is 3.81. The number of rotatable bonds is 8. The van der Waals surface area contributed by atoms with E-state index in [1.807, 2.05) is 13.8 Å². The molecule has 0 radical (unpaired) electrons. The van der Waals surface area contributed by atoms with E-state index in [0.29, 0.717) is 0 Å². The van der Waals surface area contributed by atoms with Crippen molar-refractivity contribution in [1.29, 1.82) is 0 Å². The van der Waals surface area contributed by atoms with Crippen molar-refractivity contribution in [2.24, 2.45) is 0 Å². The SMILES string of the molecule is CCO[Si](C)(C)OC1CCCCC1O[Si](C)(C)OCC. The van der Waals surface area contributed by atoms with Gasteiger partial charge in [0.1, 0.15) is 0 Å². The van der Waals surface area contributed by atoms with Crippen LogP contribution in [0.25, 0.3) is 0 Å². The summed E-state index contributed by atoms with van der Waals surface area (Å²) in [5.41, 5.74) is 0. The van der Waals surface area contributed by atoms with E-state index in [1.165, 1.54) is 12.8 Å². The van der Waals surface area contributed by atoms with Crippen LogP contribution in [0.1, 0.15) is 39.5 Å². The fourth-order valence-electron chi connectivity index (χ4n) is 2.82. The molecule has 0 bridgehead atoms. The highest BCUT2D eigenvalue weighted by molar-refractivity contribution is 6.65. The van der Waals surface area contributed by atoms with Gasteiger partial charge in [0.25, 0.3) is 0 Å². The molecule has 0 N–H and O–H groups in total. The van der Waals surface area contributed by atoms with Crippen LogP contribution in [0.4, 0.5) is 0 Å². The molecule has 4 nitrogen and oxygen atoms in total. The first-order chi connectivity index (χ1) is 9.29. The van der Waals surface area contributed by atoms with Gasteiger partial charge in [0, 0.05) is 13.2 Å². The van der Waals surface area contributed by atoms with Gasteiger partial charge >= 0.3 is 17.1 Å². The second-order valence-electron chi connectivity index (χ2n) is 6.26. The summed E-state index contributed by atoms with van der Waals surface area (Å²) in [5, 5.41) is 0. The van der Waals surface area contributed by atoms with Crippen LogP contribution in [0.3, 0.4) is 0 Å². The lowest BCUT2D eigenvalue weighted by Gasteiger charge is -2.39. The monoisotopic (exact) mass is 320 g/mol. The molecule has 0 aliphatic heterocycles. The van der Waals surface area contributed by atoms with E-state index in [4.69, 9.17) is 17.7 Å². The van der Waals surface area contributed by atoms with Crippen LogP contribution in [0.5, 0.6) is 0 Å². The molecule has 0 amide bonds. The zero-order valence-electron chi connectivity index (χ0n) is 14.0. The Hall–Kier alpha value is 0.274. The average molecular weight is 321 g/mol. The highest BCUT2D eigenvalue weighted by Gasteiger charge is 2.38. The van der Waals surface area contributed by atoms with Gasteiger partial charge in [0.05, 0.1) is 12.2 Å². The normalized spacial score (nSPS) is 24.9. The molecule has 120 valence electrons. The molecule has 0 aromatic carbocycles. The van der Waals surface area contributed by atoms with Crippen LogP contribution in [0.2, 0.25) is 26.2 Å². The molecule has 20 heavy (non-hydrogen) atoms. The lowest BCUT2D eigenvalue weighted by Crippen LogP contribution is -2.49. The summed E-state index contributed by atoms with van der Waals surface area (Å²) in [7, 11) is -4.06. The van der Waals surface area contributed by atoms with Crippen LogP contribution in [-0.2, 0) is 17.7 Å². The molecular formula is C14H32O4Si2. The molecule has 0 heterocycles. The van der Waals surface area contributed by atoms with Gasteiger partial charge in [0.15, 0.2) is 0 Å². The van der Waals surface area contributed by atoms with E-state index in [-0.39, 0.29) is 12.2 Å². The quantitative estimate of drug-likeness (QED) is 0.637. The van der Waals surface area contributed by atoms with Gasteiger partial charge in [-0.3, -0.25) is 0 Å². The third-order valence-electron chi connectivity index (χ3n) is 3.50. The summed E-state index contributed by atoms with van der Waals surface area (Å²) < 4.78 is 24.2. The van der Waals surface area contributed by atoms with Gasteiger partial charge in [-0.15, -0.1) is 0 Å². The lowest BCUT2D eigenvalue weighted by molar-refractivity contribution is -0.0180. The minimum absolute atomic E-state index is 0.171. The van der Waals surface area contributed by atoms with Crippen LogP contribution in [-0.4, -0.2) is 42.5 Å². The Morgan fingerprint density at radius 2 is 1.10 bits per heavy atom. The van der Waals surface area contributed by atoms with Crippen molar-refractivity contribution < 1.29 is 17.7 Å². The molecule has 0 spiro atoms. The Balaban J connectivity index is 2.62. The van der Waals surface area contributed by atoms with Crippen LogP contribution >= 0.6 is 0 Å². The first-order valence-corrected chi connectivity index (χ1v) is 13.6. The molecule has 0 aromatic heterocycles. The summed E-state index contributed by atoms with van der Waals surface area (Å²) in [5.74, 6) is 0. The van der Waals surface area contributed by atoms with Gasteiger partial charge in [-0.1, -0.05) is 12.8 Å². The Labute approximate surface area is 126 Å². The maximum atomic E-state index is 6.31. The van der Waals surface area contributed by atoms with Crippen LogP contribution < -0.4 is 0 Å². The van der Waals surface area contributed by atoms with Gasteiger partial charge in [-0.25, -0.2) is 0 Å². The van der Waals surface area contributed by atoms with Crippen molar-refractivity contribution >= 4 is 17.1 Å². The van der Waals surface area contributed by atoms with Crippen molar-refractivity contribution in [2.75, 3.05) is 13.2 Å². The molecule has 1 aliphatic carbocycles. The summed E-state index contributed by atoms with van der Waals surface area (Å²) in [4.78, 5) is 0. The molecule has 1 rings (SSSR count). The van der Waals surface area contributed by atoms with Crippen molar-refractivity contribution in [3.8, 4) is 0 Å². The van der Waals surface area contributed by atoms with E-state index in [1.54, 1.807) is 0 Å². The molecular weight excluding hydrogens is 288 g/mol. The fraction of sp³-hybridized carbons (Fsp3) is 1.00. The van der Waals surface area contributed by atoms with Gasteiger partial charge in [0.2, 0.25) is 0 Å². The summed E-state index contributed by atoms with van der Waals surface area (Å²) >= 11 is 0. The van der Waals surface area contributed by atoms with Crippen molar-refractivity contribution in [2.45, 2.75) is 77.9 Å². The van der Waals surface area contributed by atoms with E-state index in [2.05, 4.69) is 26.2 Å². The van der Waals surface area contributed by atoms with E-state index < -0.39 is 17.1 Å². The Morgan fingerprint density at radius 1 is 0.750 bits per heavy atom. The first-order valence-electron chi connectivity index (χ1n) is 7.93.